The molecule has 4 rings (SSSR count). The molecule has 0 amide bonds. The molecular weight excluding hydrogens is 248 g/mol. The minimum Gasteiger partial charge on any atom is -0.266 e. The number of hydrogen-bond donors (Lipinski definition) is 0. The van der Waals surface area contributed by atoms with Gasteiger partial charge in [-0.15, -0.1) is 0 Å². The van der Waals surface area contributed by atoms with Crippen LogP contribution in [0.4, 0.5) is 0 Å². The second-order valence-corrected chi connectivity index (χ2v) is 7.16. The summed E-state index contributed by atoms with van der Waals surface area (Å²) in [6.45, 7) is 2.30. The number of hydrogen-bond acceptors (Lipinski definition) is 3. The van der Waals surface area contributed by atoms with Gasteiger partial charge in [-0.1, -0.05) is 17.7 Å². The zero-order chi connectivity index (χ0) is 12.8. The molecule has 2 bridgehead atoms. The lowest BCUT2D eigenvalue weighted by atomic mass is 9.73. The summed E-state index contributed by atoms with van der Waals surface area (Å²) in [6, 6.07) is 6.81. The molecule has 0 radical (unpaired) electrons. The van der Waals surface area contributed by atoms with Crippen LogP contribution in [-0.4, -0.2) is 15.0 Å². The lowest BCUT2D eigenvalue weighted by Crippen LogP contribution is -2.32. The van der Waals surface area contributed by atoms with Crippen molar-refractivity contribution < 1.29 is 12.6 Å². The molecule has 3 aliphatic carbocycles. The fraction of sp³-hybridized carbons (Fsp3) is 0.571. The second-order valence-electron chi connectivity index (χ2n) is 5.55. The van der Waals surface area contributed by atoms with Crippen molar-refractivity contribution in [1.82, 2.24) is 0 Å². The highest BCUT2D eigenvalue weighted by atomic mass is 32.2. The van der Waals surface area contributed by atoms with Gasteiger partial charge in [-0.2, -0.15) is 8.42 Å². The Hall–Kier alpha value is -0.870. The molecule has 0 aromatic heterocycles. The molecule has 3 saturated carbocycles. The third kappa shape index (κ3) is 2.08. The Kier molecular flexibility index (Phi) is 2.94. The van der Waals surface area contributed by atoms with E-state index < -0.39 is 10.1 Å². The summed E-state index contributed by atoms with van der Waals surface area (Å²) < 4.78 is 29.2. The molecule has 4 heteroatoms. The van der Waals surface area contributed by atoms with Crippen molar-refractivity contribution in [1.29, 1.82) is 0 Å². The van der Waals surface area contributed by atoms with Crippen molar-refractivity contribution in [2.45, 2.75) is 31.1 Å². The summed E-state index contributed by atoms with van der Waals surface area (Å²) in [5, 5.41) is 0. The van der Waals surface area contributed by atoms with Crippen LogP contribution in [0.1, 0.15) is 24.8 Å². The average Bonchev–Trinajstić information content (AvgIpc) is 2.92. The van der Waals surface area contributed by atoms with Crippen molar-refractivity contribution in [3.05, 3.63) is 29.8 Å². The fourth-order valence-electron chi connectivity index (χ4n) is 3.23. The molecule has 3 fully saturated rings. The maximum absolute atomic E-state index is 12.0. The Morgan fingerprint density at radius 2 is 1.78 bits per heavy atom. The zero-order valence-electron chi connectivity index (χ0n) is 10.5. The Morgan fingerprint density at radius 3 is 2.33 bits per heavy atom. The van der Waals surface area contributed by atoms with Crippen molar-refractivity contribution in [3.8, 4) is 0 Å². The molecule has 0 saturated heterocycles. The highest BCUT2D eigenvalue weighted by Crippen LogP contribution is 2.53. The molecule has 1 aromatic carbocycles. The zero-order valence-corrected chi connectivity index (χ0v) is 11.3. The Labute approximate surface area is 108 Å². The summed E-state index contributed by atoms with van der Waals surface area (Å²) >= 11 is 0. The maximum Gasteiger partial charge on any atom is 0.296 e. The molecule has 0 spiro atoms. The van der Waals surface area contributed by atoms with Crippen LogP contribution < -0.4 is 0 Å². The molecule has 98 valence electrons. The quantitative estimate of drug-likeness (QED) is 0.787. The SMILES string of the molecule is Cc1ccc(S(=O)(=O)OCC2[C@H]3CC[C@H]2C3)cc1. The maximum atomic E-state index is 12.0. The molecule has 0 N–H and O–H groups in total. The van der Waals surface area contributed by atoms with E-state index >= 15 is 0 Å². The lowest BCUT2D eigenvalue weighted by Gasteiger charge is -2.35. The number of benzene rings is 1. The molecule has 18 heavy (non-hydrogen) atoms. The van der Waals surface area contributed by atoms with E-state index in [1.54, 1.807) is 24.3 Å². The van der Waals surface area contributed by atoms with E-state index in [2.05, 4.69) is 0 Å². The molecular formula is C14H18O3S. The van der Waals surface area contributed by atoms with Crippen molar-refractivity contribution in [3.63, 3.8) is 0 Å². The Balaban J connectivity index is 1.66. The van der Waals surface area contributed by atoms with Crippen LogP contribution in [0.25, 0.3) is 0 Å². The molecule has 0 unspecified atom stereocenters. The number of rotatable bonds is 4. The van der Waals surface area contributed by atoms with E-state index in [-0.39, 0.29) is 4.90 Å². The van der Waals surface area contributed by atoms with Crippen LogP contribution in [0.2, 0.25) is 0 Å². The Bertz CT molecular complexity index is 519. The first kappa shape index (κ1) is 12.2. The third-order valence-corrected chi connectivity index (χ3v) is 5.75. The van der Waals surface area contributed by atoms with Crippen LogP contribution >= 0.6 is 0 Å². The lowest BCUT2D eigenvalue weighted by molar-refractivity contribution is 0.0922. The van der Waals surface area contributed by atoms with Gasteiger partial charge < -0.3 is 0 Å². The molecule has 3 nitrogen and oxygen atoms in total. The Morgan fingerprint density at radius 1 is 1.17 bits per heavy atom. The van der Waals surface area contributed by atoms with Gasteiger partial charge in [0.05, 0.1) is 11.5 Å². The first-order valence-electron chi connectivity index (χ1n) is 6.52. The van der Waals surface area contributed by atoms with Gasteiger partial charge in [0.1, 0.15) is 0 Å². The summed E-state index contributed by atoms with van der Waals surface area (Å²) in [7, 11) is -3.57. The molecule has 0 aliphatic heterocycles. The monoisotopic (exact) mass is 266 g/mol. The van der Waals surface area contributed by atoms with Crippen LogP contribution in [0.3, 0.4) is 0 Å². The third-order valence-electron chi connectivity index (χ3n) is 4.45. The minimum absolute atomic E-state index is 0.264. The predicted octanol–water partition coefficient (Wildman–Crippen LogP) is 2.75. The molecule has 3 aliphatic rings. The largest absolute Gasteiger partial charge is 0.296 e. The number of aryl methyl sites for hydroxylation is 1. The van der Waals surface area contributed by atoms with Crippen LogP contribution in [0, 0.1) is 24.7 Å². The van der Waals surface area contributed by atoms with E-state index in [0.29, 0.717) is 24.4 Å². The van der Waals surface area contributed by atoms with E-state index in [1.165, 1.54) is 19.3 Å². The van der Waals surface area contributed by atoms with Crippen LogP contribution in [0.5, 0.6) is 0 Å². The average molecular weight is 266 g/mol. The van der Waals surface area contributed by atoms with Gasteiger partial charge in [0.2, 0.25) is 0 Å². The van der Waals surface area contributed by atoms with Gasteiger partial charge in [-0.3, -0.25) is 4.18 Å². The van der Waals surface area contributed by atoms with Gasteiger partial charge in [0.25, 0.3) is 10.1 Å². The van der Waals surface area contributed by atoms with Gasteiger partial charge in [0.15, 0.2) is 0 Å². The van der Waals surface area contributed by atoms with E-state index in [4.69, 9.17) is 4.18 Å². The molecule has 1 aromatic rings. The van der Waals surface area contributed by atoms with Gasteiger partial charge in [-0.25, -0.2) is 0 Å². The van der Waals surface area contributed by atoms with Crippen molar-refractivity contribution in [2.75, 3.05) is 6.61 Å². The van der Waals surface area contributed by atoms with Crippen molar-refractivity contribution >= 4 is 10.1 Å². The van der Waals surface area contributed by atoms with Gasteiger partial charge in [0, 0.05) is 0 Å². The topological polar surface area (TPSA) is 43.4 Å². The highest BCUT2D eigenvalue weighted by molar-refractivity contribution is 7.86. The standard InChI is InChI=1S/C14H18O3S/c1-10-2-6-13(7-3-10)18(15,16)17-9-14-11-4-5-12(14)8-11/h2-3,6-7,11-12,14H,4-5,8-9H2,1H3/t11-,12-/m0/s1. The molecule has 0 heterocycles. The molecule has 2 atom stereocenters. The van der Waals surface area contributed by atoms with E-state index in [9.17, 15) is 8.42 Å². The summed E-state index contributed by atoms with van der Waals surface area (Å²) in [4.78, 5) is 0.264. The summed E-state index contributed by atoms with van der Waals surface area (Å²) in [6.07, 6.45) is 3.78. The van der Waals surface area contributed by atoms with Crippen LogP contribution in [0.15, 0.2) is 29.2 Å². The normalized spacial score (nSPS) is 30.2. The smallest absolute Gasteiger partial charge is 0.266 e. The highest BCUT2D eigenvalue weighted by Gasteiger charge is 2.46. The van der Waals surface area contributed by atoms with Gasteiger partial charge in [-0.05, 0) is 56.1 Å². The van der Waals surface area contributed by atoms with E-state index in [0.717, 1.165) is 5.56 Å². The number of fused-ring (bicyclic) bond motifs is 1. The first-order chi connectivity index (χ1) is 8.56. The second kappa shape index (κ2) is 4.35. The summed E-state index contributed by atoms with van der Waals surface area (Å²) in [5.41, 5.74) is 1.05. The van der Waals surface area contributed by atoms with Crippen LogP contribution in [-0.2, 0) is 14.3 Å². The fourth-order valence-corrected chi connectivity index (χ4v) is 4.17. The summed E-state index contributed by atoms with van der Waals surface area (Å²) in [5.74, 6) is 1.90. The van der Waals surface area contributed by atoms with Crippen molar-refractivity contribution in [2.24, 2.45) is 17.8 Å². The minimum atomic E-state index is -3.57. The van der Waals surface area contributed by atoms with Gasteiger partial charge >= 0.3 is 0 Å². The first-order valence-corrected chi connectivity index (χ1v) is 7.93. The van der Waals surface area contributed by atoms with E-state index in [1.807, 2.05) is 6.92 Å². The predicted molar refractivity (Wildman–Crippen MR) is 68.6 cm³/mol.